The summed E-state index contributed by atoms with van der Waals surface area (Å²) in [6.45, 7) is 0.498. The Bertz CT molecular complexity index is 262. The van der Waals surface area contributed by atoms with Crippen molar-refractivity contribution in [3.8, 4) is 0 Å². The molecule has 0 amide bonds. The molecular weight excluding hydrogens is 199 g/mol. The molecule has 80 valence electrons. The Morgan fingerprint density at radius 1 is 1.50 bits per heavy atom. The van der Waals surface area contributed by atoms with Crippen molar-refractivity contribution in [1.29, 1.82) is 0 Å². The third kappa shape index (κ3) is 1.42. The summed E-state index contributed by atoms with van der Waals surface area (Å²) in [5, 5.41) is 2.79. The molecule has 2 bridgehead atoms. The number of alkyl halides is 3. The van der Waals surface area contributed by atoms with Crippen LogP contribution >= 0.6 is 0 Å². The molecule has 0 spiro atoms. The Labute approximate surface area is 78.6 Å². The van der Waals surface area contributed by atoms with Gasteiger partial charge in [-0.25, -0.2) is 0 Å². The lowest BCUT2D eigenvalue weighted by atomic mass is 9.78. The number of halogens is 3. The molecule has 2 fully saturated rings. The standard InChI is InChI=1S/C8H10F3NO2/c9-8(10,11)6(13)7-1-5(14-4-7)2-12-3-7/h5,12H,1-4H2. The van der Waals surface area contributed by atoms with Crippen molar-refractivity contribution in [2.45, 2.75) is 18.7 Å². The second kappa shape index (κ2) is 2.93. The topological polar surface area (TPSA) is 38.3 Å². The molecular formula is C8H10F3NO2. The van der Waals surface area contributed by atoms with Crippen molar-refractivity contribution < 1.29 is 22.7 Å². The minimum atomic E-state index is -4.75. The van der Waals surface area contributed by atoms with E-state index in [1.807, 2.05) is 0 Å². The molecule has 0 aromatic heterocycles. The molecule has 2 heterocycles. The number of hydrogen-bond acceptors (Lipinski definition) is 3. The Kier molecular flexibility index (Phi) is 2.08. The van der Waals surface area contributed by atoms with Gasteiger partial charge >= 0.3 is 6.18 Å². The molecule has 2 unspecified atom stereocenters. The number of hydrogen-bond donors (Lipinski definition) is 1. The molecule has 0 aromatic carbocycles. The molecule has 1 N–H and O–H groups in total. The Balaban J connectivity index is 2.20. The van der Waals surface area contributed by atoms with E-state index < -0.39 is 17.4 Å². The Hall–Kier alpha value is -0.620. The van der Waals surface area contributed by atoms with Crippen molar-refractivity contribution >= 4 is 5.78 Å². The zero-order chi connectivity index (χ0) is 10.4. The first-order valence-electron chi connectivity index (χ1n) is 4.38. The van der Waals surface area contributed by atoms with E-state index in [4.69, 9.17) is 4.74 Å². The molecule has 14 heavy (non-hydrogen) atoms. The smallest absolute Gasteiger partial charge is 0.376 e. The summed E-state index contributed by atoms with van der Waals surface area (Å²) in [7, 11) is 0. The normalized spacial score (nSPS) is 37.2. The van der Waals surface area contributed by atoms with E-state index in [-0.39, 0.29) is 25.7 Å². The number of ketones is 1. The number of carbonyl (C=O) groups is 1. The summed E-state index contributed by atoms with van der Waals surface area (Å²) in [5.74, 6) is -1.65. The van der Waals surface area contributed by atoms with Gasteiger partial charge in [-0.1, -0.05) is 0 Å². The minimum absolute atomic E-state index is 0.0713. The molecule has 2 aliphatic rings. The molecule has 0 aromatic rings. The summed E-state index contributed by atoms with van der Waals surface area (Å²) in [4.78, 5) is 11.2. The maximum atomic E-state index is 12.3. The van der Waals surface area contributed by atoms with Gasteiger partial charge in [0.1, 0.15) is 0 Å². The van der Waals surface area contributed by atoms with Crippen molar-refractivity contribution in [2.75, 3.05) is 19.7 Å². The number of carbonyl (C=O) groups excluding carboxylic acids is 1. The highest BCUT2D eigenvalue weighted by Crippen LogP contribution is 2.40. The maximum Gasteiger partial charge on any atom is 0.450 e. The van der Waals surface area contributed by atoms with Gasteiger partial charge < -0.3 is 10.1 Å². The van der Waals surface area contributed by atoms with E-state index in [0.717, 1.165) is 0 Å². The number of nitrogens with one attached hydrogen (secondary N) is 1. The fourth-order valence-electron chi connectivity index (χ4n) is 2.10. The molecule has 2 aliphatic heterocycles. The fraction of sp³-hybridized carbons (Fsp3) is 0.875. The van der Waals surface area contributed by atoms with Crippen molar-refractivity contribution in [3.63, 3.8) is 0 Å². The lowest BCUT2D eigenvalue weighted by Crippen LogP contribution is -2.51. The van der Waals surface area contributed by atoms with E-state index in [1.165, 1.54) is 0 Å². The number of fused-ring (bicyclic) bond motifs is 2. The summed E-state index contributed by atoms with van der Waals surface area (Å²) < 4.78 is 41.9. The van der Waals surface area contributed by atoms with Gasteiger partial charge in [-0.05, 0) is 6.42 Å². The van der Waals surface area contributed by atoms with Gasteiger partial charge in [0.2, 0.25) is 5.78 Å². The number of piperidine rings is 1. The van der Waals surface area contributed by atoms with Gasteiger partial charge in [-0.15, -0.1) is 0 Å². The Morgan fingerprint density at radius 2 is 2.21 bits per heavy atom. The molecule has 2 atom stereocenters. The molecule has 2 rings (SSSR count). The number of ether oxygens (including phenoxy) is 1. The third-order valence-electron chi connectivity index (χ3n) is 2.79. The first-order chi connectivity index (χ1) is 6.44. The predicted octanol–water partition coefficient (Wildman–Crippen LogP) is 0.496. The van der Waals surface area contributed by atoms with Crippen LogP contribution in [0.3, 0.4) is 0 Å². The van der Waals surface area contributed by atoms with Crippen LogP contribution in [-0.2, 0) is 9.53 Å². The molecule has 0 radical (unpaired) electrons. The monoisotopic (exact) mass is 209 g/mol. The van der Waals surface area contributed by atoms with Gasteiger partial charge in [0.15, 0.2) is 0 Å². The van der Waals surface area contributed by atoms with E-state index in [9.17, 15) is 18.0 Å². The van der Waals surface area contributed by atoms with Crippen LogP contribution < -0.4 is 5.32 Å². The Morgan fingerprint density at radius 3 is 2.86 bits per heavy atom. The zero-order valence-corrected chi connectivity index (χ0v) is 7.36. The van der Waals surface area contributed by atoms with Gasteiger partial charge in [-0.2, -0.15) is 13.2 Å². The summed E-state index contributed by atoms with van der Waals surface area (Å²) >= 11 is 0. The van der Waals surface area contributed by atoms with Crippen molar-refractivity contribution in [2.24, 2.45) is 5.41 Å². The second-order valence-electron chi connectivity index (χ2n) is 3.88. The largest absolute Gasteiger partial charge is 0.450 e. The molecule has 2 saturated heterocycles. The second-order valence-corrected chi connectivity index (χ2v) is 3.88. The van der Waals surface area contributed by atoms with E-state index in [2.05, 4.69) is 5.32 Å². The maximum absolute atomic E-state index is 12.3. The SMILES string of the molecule is O=C(C(F)(F)F)C12CNCC(C1)OC2. The van der Waals surface area contributed by atoms with Crippen LogP contribution in [0.1, 0.15) is 6.42 Å². The van der Waals surface area contributed by atoms with Crippen LogP contribution in [-0.4, -0.2) is 37.8 Å². The average Bonchev–Trinajstić information content (AvgIpc) is 2.40. The van der Waals surface area contributed by atoms with Crippen LogP contribution in [0.15, 0.2) is 0 Å². The van der Waals surface area contributed by atoms with Crippen LogP contribution in [0, 0.1) is 5.41 Å². The first kappa shape index (κ1) is 9.92. The van der Waals surface area contributed by atoms with Crippen molar-refractivity contribution in [1.82, 2.24) is 5.32 Å². The van der Waals surface area contributed by atoms with E-state index >= 15 is 0 Å². The third-order valence-corrected chi connectivity index (χ3v) is 2.79. The van der Waals surface area contributed by atoms with E-state index in [0.29, 0.717) is 6.54 Å². The first-order valence-corrected chi connectivity index (χ1v) is 4.38. The molecule has 3 nitrogen and oxygen atoms in total. The van der Waals surface area contributed by atoms with Crippen LogP contribution in [0.25, 0.3) is 0 Å². The zero-order valence-electron chi connectivity index (χ0n) is 7.36. The van der Waals surface area contributed by atoms with Crippen molar-refractivity contribution in [3.05, 3.63) is 0 Å². The predicted molar refractivity (Wildman–Crippen MR) is 40.7 cm³/mol. The average molecular weight is 209 g/mol. The van der Waals surface area contributed by atoms with Gasteiger partial charge in [0, 0.05) is 13.1 Å². The highest BCUT2D eigenvalue weighted by atomic mass is 19.4. The number of rotatable bonds is 1. The van der Waals surface area contributed by atoms with Crippen LogP contribution in [0.4, 0.5) is 13.2 Å². The van der Waals surface area contributed by atoms with Gasteiger partial charge in [0.25, 0.3) is 0 Å². The quantitative estimate of drug-likeness (QED) is 0.683. The summed E-state index contributed by atoms with van der Waals surface area (Å²) in [5.41, 5.74) is -1.36. The van der Waals surface area contributed by atoms with E-state index in [1.54, 1.807) is 0 Å². The molecule has 0 aliphatic carbocycles. The number of Topliss-reactive ketones (excluding diaryl/α,β-unsaturated/α-hetero) is 1. The van der Waals surface area contributed by atoms with Crippen LogP contribution in [0.2, 0.25) is 0 Å². The van der Waals surface area contributed by atoms with Crippen LogP contribution in [0.5, 0.6) is 0 Å². The summed E-state index contributed by atoms with van der Waals surface area (Å²) in [6.07, 6.45) is -4.80. The lowest BCUT2D eigenvalue weighted by molar-refractivity contribution is -0.182. The highest BCUT2D eigenvalue weighted by Gasteiger charge is 2.57. The highest BCUT2D eigenvalue weighted by molar-refractivity contribution is 5.90. The van der Waals surface area contributed by atoms with Gasteiger partial charge in [-0.3, -0.25) is 4.79 Å². The lowest BCUT2D eigenvalue weighted by Gasteiger charge is -2.30. The fourth-order valence-corrected chi connectivity index (χ4v) is 2.10. The molecule has 0 saturated carbocycles. The minimum Gasteiger partial charge on any atom is -0.376 e. The summed E-state index contributed by atoms with van der Waals surface area (Å²) in [6, 6.07) is 0. The molecule has 6 heteroatoms. The van der Waals surface area contributed by atoms with Gasteiger partial charge in [0.05, 0.1) is 18.1 Å².